The van der Waals surface area contributed by atoms with Crippen molar-refractivity contribution in [1.29, 1.82) is 0 Å². The van der Waals surface area contributed by atoms with Crippen LogP contribution in [0.3, 0.4) is 0 Å². The van der Waals surface area contributed by atoms with Crippen LogP contribution < -0.4 is 5.32 Å². The van der Waals surface area contributed by atoms with E-state index in [1.807, 2.05) is 48.5 Å². The average molecular weight is 425 g/mol. The maximum atomic E-state index is 6.22. The van der Waals surface area contributed by atoms with Crippen LogP contribution in [0.4, 0.5) is 11.4 Å². The van der Waals surface area contributed by atoms with Gasteiger partial charge in [-0.3, -0.25) is 0 Å². The fraction of sp³-hybridized carbons (Fsp3) is 0. The Morgan fingerprint density at radius 1 is 0.485 bits per heavy atom. The van der Waals surface area contributed by atoms with Crippen LogP contribution in [0.5, 0.6) is 0 Å². The van der Waals surface area contributed by atoms with Crippen molar-refractivity contribution in [3.05, 3.63) is 109 Å². The second-order valence-corrected chi connectivity index (χ2v) is 8.26. The van der Waals surface area contributed by atoms with E-state index in [4.69, 9.17) is 8.83 Å². The quantitative estimate of drug-likeness (QED) is 0.307. The lowest BCUT2D eigenvalue weighted by Gasteiger charge is -2.09. The zero-order valence-corrected chi connectivity index (χ0v) is 17.7. The maximum Gasteiger partial charge on any atom is 0.143 e. The van der Waals surface area contributed by atoms with E-state index in [1.165, 1.54) is 0 Å². The van der Waals surface area contributed by atoms with E-state index in [2.05, 4.69) is 66.0 Å². The number of benzene rings is 5. The molecule has 0 saturated carbocycles. The molecule has 156 valence electrons. The van der Waals surface area contributed by atoms with Gasteiger partial charge in [0.15, 0.2) is 0 Å². The van der Waals surface area contributed by atoms with E-state index in [0.29, 0.717) is 0 Å². The van der Waals surface area contributed by atoms with Crippen LogP contribution in [-0.4, -0.2) is 0 Å². The Bertz CT molecular complexity index is 1790. The summed E-state index contributed by atoms with van der Waals surface area (Å²) in [5, 5.41) is 8.08. The van der Waals surface area contributed by atoms with Crippen LogP contribution in [0.2, 0.25) is 0 Å². The number of furan rings is 2. The first-order valence-electron chi connectivity index (χ1n) is 11.0. The number of para-hydroxylation sites is 3. The largest absolute Gasteiger partial charge is 0.456 e. The first kappa shape index (κ1) is 18.1. The van der Waals surface area contributed by atoms with E-state index < -0.39 is 0 Å². The fourth-order valence-corrected chi connectivity index (χ4v) is 4.74. The highest BCUT2D eigenvalue weighted by Crippen LogP contribution is 2.37. The number of fused-ring (bicyclic) bond motifs is 6. The van der Waals surface area contributed by atoms with Crippen molar-refractivity contribution in [2.24, 2.45) is 0 Å². The lowest BCUT2D eigenvalue weighted by Crippen LogP contribution is -1.91. The molecule has 0 aliphatic heterocycles. The van der Waals surface area contributed by atoms with Crippen molar-refractivity contribution >= 4 is 55.3 Å². The van der Waals surface area contributed by atoms with Crippen molar-refractivity contribution in [1.82, 2.24) is 0 Å². The normalized spacial score (nSPS) is 11.6. The molecular weight excluding hydrogens is 406 g/mol. The first-order chi connectivity index (χ1) is 16.3. The Labute approximate surface area is 189 Å². The molecule has 3 heteroatoms. The molecule has 0 aliphatic carbocycles. The van der Waals surface area contributed by atoms with Gasteiger partial charge in [0.25, 0.3) is 0 Å². The zero-order chi connectivity index (χ0) is 21.8. The minimum absolute atomic E-state index is 0.884. The van der Waals surface area contributed by atoms with Gasteiger partial charge in [0.2, 0.25) is 0 Å². The molecule has 7 rings (SSSR count). The number of hydrogen-bond acceptors (Lipinski definition) is 3. The summed E-state index contributed by atoms with van der Waals surface area (Å²) in [7, 11) is 0. The molecule has 0 saturated heterocycles. The average Bonchev–Trinajstić information content (AvgIpc) is 3.43. The van der Waals surface area contributed by atoms with E-state index >= 15 is 0 Å². The summed E-state index contributed by atoms with van der Waals surface area (Å²) in [6.07, 6.45) is 0. The van der Waals surface area contributed by atoms with Gasteiger partial charge in [-0.05, 0) is 42.0 Å². The van der Waals surface area contributed by atoms with Gasteiger partial charge in [0, 0.05) is 27.4 Å². The Balaban J connectivity index is 1.29. The smallest absolute Gasteiger partial charge is 0.143 e. The molecule has 0 atom stereocenters. The highest BCUT2D eigenvalue weighted by atomic mass is 16.3. The summed E-state index contributed by atoms with van der Waals surface area (Å²) in [5.41, 5.74) is 7.89. The van der Waals surface area contributed by atoms with E-state index in [-0.39, 0.29) is 0 Å². The first-order valence-corrected chi connectivity index (χ1v) is 11.0. The maximum absolute atomic E-state index is 6.22. The Hall–Kier alpha value is -4.50. The second-order valence-electron chi connectivity index (χ2n) is 8.26. The Morgan fingerprint density at radius 3 is 2.00 bits per heavy atom. The molecule has 0 spiro atoms. The lowest BCUT2D eigenvalue weighted by atomic mass is 10.0. The van der Waals surface area contributed by atoms with Gasteiger partial charge in [-0.15, -0.1) is 0 Å². The third-order valence-corrected chi connectivity index (χ3v) is 6.28. The standard InChI is InChI=1S/C30H19NO2/c1-3-12-26-22(7-1)23-10-5-9-21(30(23)33-26)19-15-17-20(18-16-19)31-25-11-6-14-28-29(25)24-8-2-4-13-27(24)32-28/h1-18,31H. The minimum Gasteiger partial charge on any atom is -0.456 e. The van der Waals surface area contributed by atoms with Crippen LogP contribution in [-0.2, 0) is 0 Å². The molecule has 33 heavy (non-hydrogen) atoms. The van der Waals surface area contributed by atoms with Crippen LogP contribution in [0.1, 0.15) is 0 Å². The van der Waals surface area contributed by atoms with Crippen molar-refractivity contribution in [3.63, 3.8) is 0 Å². The molecule has 0 unspecified atom stereocenters. The van der Waals surface area contributed by atoms with Gasteiger partial charge in [0.05, 0.1) is 11.1 Å². The fourth-order valence-electron chi connectivity index (χ4n) is 4.74. The van der Waals surface area contributed by atoms with Crippen LogP contribution in [0.15, 0.2) is 118 Å². The number of hydrogen-bond donors (Lipinski definition) is 1. The van der Waals surface area contributed by atoms with E-state index in [0.717, 1.165) is 66.4 Å². The summed E-state index contributed by atoms with van der Waals surface area (Å²) in [4.78, 5) is 0. The summed E-state index contributed by atoms with van der Waals surface area (Å²) in [6, 6.07) is 37.3. The van der Waals surface area contributed by atoms with Crippen LogP contribution >= 0.6 is 0 Å². The predicted octanol–water partition coefficient (Wildman–Crippen LogP) is 8.90. The van der Waals surface area contributed by atoms with Gasteiger partial charge in [0.1, 0.15) is 22.3 Å². The summed E-state index contributed by atoms with van der Waals surface area (Å²) in [6.45, 7) is 0. The van der Waals surface area contributed by atoms with E-state index in [1.54, 1.807) is 0 Å². The number of nitrogens with one attached hydrogen (secondary N) is 1. The van der Waals surface area contributed by atoms with Crippen molar-refractivity contribution in [3.8, 4) is 11.1 Å². The summed E-state index contributed by atoms with van der Waals surface area (Å²) >= 11 is 0. The molecule has 0 bridgehead atoms. The van der Waals surface area contributed by atoms with E-state index in [9.17, 15) is 0 Å². The molecule has 1 N–H and O–H groups in total. The Kier molecular flexibility index (Phi) is 3.84. The summed E-state index contributed by atoms with van der Waals surface area (Å²) in [5.74, 6) is 0. The molecule has 0 amide bonds. The van der Waals surface area contributed by atoms with Crippen molar-refractivity contribution < 1.29 is 8.83 Å². The number of rotatable bonds is 3. The summed E-state index contributed by atoms with van der Waals surface area (Å²) < 4.78 is 12.2. The van der Waals surface area contributed by atoms with Crippen LogP contribution in [0.25, 0.3) is 55.0 Å². The molecule has 3 nitrogen and oxygen atoms in total. The highest BCUT2D eigenvalue weighted by Gasteiger charge is 2.13. The van der Waals surface area contributed by atoms with Crippen molar-refractivity contribution in [2.75, 3.05) is 5.32 Å². The molecule has 0 radical (unpaired) electrons. The predicted molar refractivity (Wildman–Crippen MR) is 136 cm³/mol. The lowest BCUT2D eigenvalue weighted by molar-refractivity contribution is 0.669. The topological polar surface area (TPSA) is 38.3 Å². The Morgan fingerprint density at radius 2 is 1.15 bits per heavy atom. The van der Waals surface area contributed by atoms with Gasteiger partial charge in [-0.1, -0.05) is 72.8 Å². The SMILES string of the molecule is c1ccc2c(c1)oc1c(-c3ccc(Nc4cccc5oc6ccccc6c45)cc3)cccc12. The van der Waals surface area contributed by atoms with Crippen molar-refractivity contribution in [2.45, 2.75) is 0 Å². The van der Waals surface area contributed by atoms with Gasteiger partial charge in [-0.25, -0.2) is 0 Å². The third-order valence-electron chi connectivity index (χ3n) is 6.28. The molecule has 2 heterocycles. The number of anilines is 2. The highest BCUT2D eigenvalue weighted by molar-refractivity contribution is 6.12. The van der Waals surface area contributed by atoms with Gasteiger partial charge in [-0.2, -0.15) is 0 Å². The third kappa shape index (κ3) is 2.83. The molecule has 2 aromatic heterocycles. The second kappa shape index (κ2) is 7.01. The zero-order valence-electron chi connectivity index (χ0n) is 17.7. The molecular formula is C30H19NO2. The van der Waals surface area contributed by atoms with Gasteiger partial charge < -0.3 is 14.2 Å². The molecule has 5 aromatic carbocycles. The van der Waals surface area contributed by atoms with Crippen LogP contribution in [0, 0.1) is 0 Å². The van der Waals surface area contributed by atoms with Gasteiger partial charge >= 0.3 is 0 Å². The monoisotopic (exact) mass is 425 g/mol. The molecule has 0 fully saturated rings. The molecule has 0 aliphatic rings. The molecule has 7 aromatic rings. The minimum atomic E-state index is 0.884.